The average molecular weight is 211 g/mol. The van der Waals surface area contributed by atoms with Crippen molar-refractivity contribution in [1.29, 1.82) is 0 Å². The van der Waals surface area contributed by atoms with Gasteiger partial charge in [-0.3, -0.25) is 0 Å². The number of aryl methyl sites for hydroxylation is 1. The Morgan fingerprint density at radius 1 is 1.46 bits per heavy atom. The number of anilines is 1. The van der Waals surface area contributed by atoms with E-state index in [1.807, 2.05) is 0 Å². The number of hydrogen-bond acceptors (Lipinski definition) is 2. The van der Waals surface area contributed by atoms with Crippen molar-refractivity contribution < 1.29 is 13.2 Å². The molecule has 2 nitrogen and oxygen atoms in total. The van der Waals surface area contributed by atoms with Crippen LogP contribution in [0.2, 0.25) is 5.15 Å². The van der Waals surface area contributed by atoms with Crippen LogP contribution in [0.5, 0.6) is 0 Å². The van der Waals surface area contributed by atoms with Crippen LogP contribution in [-0.2, 0) is 6.18 Å². The summed E-state index contributed by atoms with van der Waals surface area (Å²) in [6.07, 6.45) is -4.48. The lowest BCUT2D eigenvalue weighted by Crippen LogP contribution is -2.09. The molecule has 0 bridgehead atoms. The van der Waals surface area contributed by atoms with Gasteiger partial charge in [0, 0.05) is 0 Å². The number of nitrogens with two attached hydrogens (primary N) is 1. The van der Waals surface area contributed by atoms with Gasteiger partial charge in [0.05, 0.1) is 5.69 Å². The molecule has 0 unspecified atom stereocenters. The smallest absolute Gasteiger partial charge is 0.396 e. The lowest BCUT2D eigenvalue weighted by Gasteiger charge is -2.08. The standard InChI is InChI=1S/C7H6ClF3N2/c1-3-2-4(7(9,10)11)13-6(8)5(3)12/h2H,12H2,1H3. The van der Waals surface area contributed by atoms with Crippen LogP contribution in [-0.4, -0.2) is 4.98 Å². The van der Waals surface area contributed by atoms with Crippen molar-refractivity contribution in [3.05, 3.63) is 22.5 Å². The molecule has 1 aromatic rings. The molecule has 0 amide bonds. The molecule has 0 fully saturated rings. The van der Waals surface area contributed by atoms with Gasteiger partial charge in [0.15, 0.2) is 5.15 Å². The largest absolute Gasteiger partial charge is 0.433 e. The first-order valence-electron chi connectivity index (χ1n) is 3.32. The molecule has 0 aromatic carbocycles. The molecule has 0 saturated carbocycles. The summed E-state index contributed by atoms with van der Waals surface area (Å²) in [5.74, 6) is 0. The van der Waals surface area contributed by atoms with Crippen LogP contribution in [0.4, 0.5) is 18.9 Å². The van der Waals surface area contributed by atoms with E-state index in [0.717, 1.165) is 6.07 Å². The minimum atomic E-state index is -4.48. The zero-order chi connectivity index (χ0) is 10.2. The Bertz CT molecular complexity index is 312. The fourth-order valence-electron chi connectivity index (χ4n) is 0.789. The highest BCUT2D eigenvalue weighted by atomic mass is 35.5. The molecular formula is C7H6ClF3N2. The van der Waals surface area contributed by atoms with Crippen LogP contribution < -0.4 is 5.73 Å². The van der Waals surface area contributed by atoms with Gasteiger partial charge in [0.2, 0.25) is 0 Å². The molecule has 0 aliphatic heterocycles. The number of aromatic nitrogens is 1. The second-order valence-electron chi connectivity index (χ2n) is 2.53. The van der Waals surface area contributed by atoms with Gasteiger partial charge in [-0.15, -0.1) is 0 Å². The number of hydrogen-bond donors (Lipinski definition) is 1. The first kappa shape index (κ1) is 10.1. The summed E-state index contributed by atoms with van der Waals surface area (Å²) in [6, 6.07) is 0.862. The maximum absolute atomic E-state index is 12.1. The molecule has 0 aliphatic rings. The van der Waals surface area contributed by atoms with Crippen molar-refractivity contribution in [1.82, 2.24) is 4.98 Å². The lowest BCUT2D eigenvalue weighted by molar-refractivity contribution is -0.141. The number of nitrogen functional groups attached to an aromatic ring is 1. The number of alkyl halides is 3. The molecule has 1 aromatic heterocycles. The van der Waals surface area contributed by atoms with E-state index in [1.165, 1.54) is 6.92 Å². The van der Waals surface area contributed by atoms with E-state index >= 15 is 0 Å². The minimum absolute atomic E-state index is 0.0784. The van der Waals surface area contributed by atoms with Gasteiger partial charge in [-0.05, 0) is 18.6 Å². The quantitative estimate of drug-likeness (QED) is 0.669. The highest BCUT2D eigenvalue weighted by Gasteiger charge is 2.33. The Kier molecular flexibility index (Phi) is 2.38. The van der Waals surface area contributed by atoms with Crippen LogP contribution in [0.25, 0.3) is 0 Å². The van der Waals surface area contributed by atoms with Crippen LogP contribution in [0.15, 0.2) is 6.07 Å². The summed E-state index contributed by atoms with van der Waals surface area (Å²) in [6.45, 7) is 1.44. The highest BCUT2D eigenvalue weighted by Crippen LogP contribution is 2.31. The van der Waals surface area contributed by atoms with E-state index in [-0.39, 0.29) is 16.4 Å². The molecule has 0 saturated heterocycles. The van der Waals surface area contributed by atoms with E-state index < -0.39 is 11.9 Å². The fraction of sp³-hybridized carbons (Fsp3) is 0.286. The second-order valence-corrected chi connectivity index (χ2v) is 2.88. The Labute approximate surface area is 77.5 Å². The van der Waals surface area contributed by atoms with Crippen molar-refractivity contribution in [2.24, 2.45) is 0 Å². The predicted molar refractivity (Wildman–Crippen MR) is 43.4 cm³/mol. The molecule has 1 heterocycles. The summed E-state index contributed by atoms with van der Waals surface area (Å²) in [5, 5.41) is -0.313. The van der Waals surface area contributed by atoms with Crippen LogP contribution in [0, 0.1) is 6.92 Å². The molecule has 72 valence electrons. The molecular weight excluding hydrogens is 205 g/mol. The first-order valence-corrected chi connectivity index (χ1v) is 3.70. The third-order valence-electron chi connectivity index (χ3n) is 1.51. The molecule has 0 radical (unpaired) electrons. The second kappa shape index (κ2) is 3.06. The van der Waals surface area contributed by atoms with Gasteiger partial charge >= 0.3 is 6.18 Å². The van der Waals surface area contributed by atoms with E-state index in [9.17, 15) is 13.2 Å². The molecule has 0 aliphatic carbocycles. The zero-order valence-corrected chi connectivity index (χ0v) is 7.37. The molecule has 1 rings (SSSR count). The van der Waals surface area contributed by atoms with Crippen LogP contribution in [0.3, 0.4) is 0 Å². The molecule has 6 heteroatoms. The summed E-state index contributed by atoms with van der Waals surface area (Å²) in [7, 11) is 0. The molecule has 0 atom stereocenters. The number of rotatable bonds is 0. The van der Waals surface area contributed by atoms with E-state index in [0.29, 0.717) is 0 Å². The fourth-order valence-corrected chi connectivity index (χ4v) is 1.03. The molecule has 13 heavy (non-hydrogen) atoms. The van der Waals surface area contributed by atoms with Crippen molar-refractivity contribution in [2.75, 3.05) is 5.73 Å². The average Bonchev–Trinajstić information content (AvgIpc) is 1.97. The molecule has 2 N–H and O–H groups in total. The number of nitrogens with zero attached hydrogens (tertiary/aromatic N) is 1. The Morgan fingerprint density at radius 3 is 2.38 bits per heavy atom. The number of pyridine rings is 1. The van der Waals surface area contributed by atoms with Crippen molar-refractivity contribution in [3.8, 4) is 0 Å². The van der Waals surface area contributed by atoms with Gasteiger partial charge in [0.25, 0.3) is 0 Å². The highest BCUT2D eigenvalue weighted by molar-refractivity contribution is 6.32. The summed E-state index contributed by atoms with van der Waals surface area (Å²) in [5.41, 5.74) is 4.66. The minimum Gasteiger partial charge on any atom is -0.396 e. The normalized spacial score (nSPS) is 11.8. The van der Waals surface area contributed by atoms with Crippen molar-refractivity contribution in [2.45, 2.75) is 13.1 Å². The Hall–Kier alpha value is -0.970. The summed E-state index contributed by atoms with van der Waals surface area (Å²) >= 11 is 5.39. The topological polar surface area (TPSA) is 38.9 Å². The van der Waals surface area contributed by atoms with E-state index in [4.69, 9.17) is 17.3 Å². The Morgan fingerprint density at radius 2 is 2.00 bits per heavy atom. The monoisotopic (exact) mass is 210 g/mol. The van der Waals surface area contributed by atoms with Gasteiger partial charge in [-0.2, -0.15) is 13.2 Å². The van der Waals surface area contributed by atoms with Crippen LogP contribution in [0.1, 0.15) is 11.3 Å². The van der Waals surface area contributed by atoms with Crippen molar-refractivity contribution in [3.63, 3.8) is 0 Å². The zero-order valence-electron chi connectivity index (χ0n) is 6.61. The maximum atomic E-state index is 12.1. The maximum Gasteiger partial charge on any atom is 0.433 e. The summed E-state index contributed by atoms with van der Waals surface area (Å²) in [4.78, 5) is 3.12. The summed E-state index contributed by atoms with van der Waals surface area (Å²) < 4.78 is 36.4. The molecule has 0 spiro atoms. The predicted octanol–water partition coefficient (Wildman–Crippen LogP) is 2.64. The van der Waals surface area contributed by atoms with Crippen molar-refractivity contribution >= 4 is 17.3 Å². The van der Waals surface area contributed by atoms with E-state index in [2.05, 4.69) is 4.98 Å². The van der Waals surface area contributed by atoms with Crippen LogP contribution >= 0.6 is 11.6 Å². The van der Waals surface area contributed by atoms with E-state index in [1.54, 1.807) is 0 Å². The first-order chi connectivity index (χ1) is 5.82. The number of halogens is 4. The third-order valence-corrected chi connectivity index (χ3v) is 1.80. The van der Waals surface area contributed by atoms with Gasteiger partial charge in [-0.25, -0.2) is 4.98 Å². The lowest BCUT2D eigenvalue weighted by atomic mass is 10.2. The van der Waals surface area contributed by atoms with Gasteiger partial charge < -0.3 is 5.73 Å². The van der Waals surface area contributed by atoms with Gasteiger partial charge in [0.1, 0.15) is 5.69 Å². The third kappa shape index (κ3) is 2.03. The van der Waals surface area contributed by atoms with Gasteiger partial charge in [-0.1, -0.05) is 11.6 Å². The SMILES string of the molecule is Cc1cc(C(F)(F)F)nc(Cl)c1N. The Balaban J connectivity index is 3.29.